The van der Waals surface area contributed by atoms with Crippen LogP contribution in [0.25, 0.3) is 64.3 Å². The molecule has 2 nitrogen and oxygen atoms in total. The van der Waals surface area contributed by atoms with E-state index >= 15 is 0 Å². The highest BCUT2D eigenvalue weighted by molar-refractivity contribution is 7.26. The second-order valence-electron chi connectivity index (χ2n) is 17.0. The van der Waals surface area contributed by atoms with Gasteiger partial charge in [0.25, 0.3) is 0 Å². The van der Waals surface area contributed by atoms with E-state index in [1.165, 1.54) is 109 Å². The zero-order valence-corrected chi connectivity index (χ0v) is 34.7. The molecule has 3 heterocycles. The summed E-state index contributed by atoms with van der Waals surface area (Å²) in [5, 5.41) is 9.19. The van der Waals surface area contributed by atoms with E-state index in [9.17, 15) is 0 Å². The Bertz CT molecular complexity index is 3380. The Labute approximate surface area is 355 Å². The van der Waals surface area contributed by atoms with Crippen molar-refractivity contribution in [2.45, 2.75) is 26.2 Å². The SMILES string of the molecule is Cc1ccccc1-c1cc(-c2ccc(-c3ccccc3)cc2Nc2cccc3c2sc2ccccc23)c2c(c1)N1c3cc4ccccc4cc3C(C)(C)c3cccc(c31)B2. The molecule has 2 aliphatic rings. The Hall–Kier alpha value is -6.88. The smallest absolute Gasteiger partial charge is 0.198 e. The summed E-state index contributed by atoms with van der Waals surface area (Å²) >= 11 is 1.86. The van der Waals surface area contributed by atoms with Crippen LogP contribution in [0.1, 0.15) is 30.5 Å². The van der Waals surface area contributed by atoms with Gasteiger partial charge in [-0.2, -0.15) is 0 Å². The van der Waals surface area contributed by atoms with Gasteiger partial charge >= 0.3 is 0 Å². The first-order valence-corrected chi connectivity index (χ1v) is 21.8. The summed E-state index contributed by atoms with van der Waals surface area (Å²) in [7, 11) is 0.836. The van der Waals surface area contributed by atoms with Crippen LogP contribution < -0.4 is 21.1 Å². The number of nitrogens with one attached hydrogen (secondary N) is 1. The van der Waals surface area contributed by atoms with Gasteiger partial charge in [-0.15, -0.1) is 11.3 Å². The molecule has 0 bridgehead atoms. The maximum absolute atomic E-state index is 4.07. The van der Waals surface area contributed by atoms with E-state index in [0.29, 0.717) is 0 Å². The Morgan fingerprint density at radius 2 is 1.27 bits per heavy atom. The van der Waals surface area contributed by atoms with Gasteiger partial charge in [-0.05, 0) is 110 Å². The molecule has 0 radical (unpaired) electrons. The molecule has 1 N–H and O–H groups in total. The fraction of sp³-hybridized carbons (Fsp3) is 0.0714. The molecule has 9 aromatic carbocycles. The lowest BCUT2D eigenvalue weighted by molar-refractivity contribution is 0.633. The molecule has 0 aliphatic carbocycles. The van der Waals surface area contributed by atoms with Gasteiger partial charge in [0.05, 0.1) is 16.1 Å². The maximum Gasteiger partial charge on any atom is 0.198 e. The second-order valence-corrected chi connectivity index (χ2v) is 18.1. The highest BCUT2D eigenvalue weighted by Gasteiger charge is 2.41. The predicted molar refractivity (Wildman–Crippen MR) is 261 cm³/mol. The number of benzene rings is 9. The van der Waals surface area contributed by atoms with E-state index in [1.54, 1.807) is 0 Å². The molecule has 0 fully saturated rings. The van der Waals surface area contributed by atoms with Gasteiger partial charge in [-0.25, -0.2) is 0 Å². The topological polar surface area (TPSA) is 15.3 Å². The quantitative estimate of drug-likeness (QED) is 0.175. The largest absolute Gasteiger partial charge is 0.354 e. The third-order valence-electron chi connectivity index (χ3n) is 13.2. The van der Waals surface area contributed by atoms with Crippen molar-refractivity contribution >= 4 is 88.9 Å². The third-order valence-corrected chi connectivity index (χ3v) is 14.4. The lowest BCUT2D eigenvalue weighted by Crippen LogP contribution is -2.45. The van der Waals surface area contributed by atoms with Crippen molar-refractivity contribution < 1.29 is 0 Å². The van der Waals surface area contributed by atoms with Crippen LogP contribution in [0.3, 0.4) is 0 Å². The third kappa shape index (κ3) is 5.34. The molecule has 0 spiro atoms. The van der Waals surface area contributed by atoms with Crippen LogP contribution in [0.15, 0.2) is 182 Å². The zero-order chi connectivity index (χ0) is 40.1. The molecule has 1 aromatic heterocycles. The van der Waals surface area contributed by atoms with Gasteiger partial charge in [0.1, 0.15) is 0 Å². The normalized spacial score (nSPS) is 13.5. The highest BCUT2D eigenvalue weighted by atomic mass is 32.1. The van der Waals surface area contributed by atoms with Crippen molar-refractivity contribution in [3.8, 4) is 33.4 Å². The fourth-order valence-corrected chi connectivity index (χ4v) is 11.3. The number of para-hydroxylation sites is 1. The Balaban J connectivity index is 1.14. The van der Waals surface area contributed by atoms with Crippen molar-refractivity contribution in [1.82, 2.24) is 0 Å². The van der Waals surface area contributed by atoms with Crippen LogP contribution in [-0.4, -0.2) is 7.28 Å². The van der Waals surface area contributed by atoms with E-state index < -0.39 is 0 Å². The van der Waals surface area contributed by atoms with Gasteiger partial charge < -0.3 is 10.2 Å². The lowest BCUT2D eigenvalue weighted by atomic mass is 9.55. The summed E-state index contributed by atoms with van der Waals surface area (Å²) in [5.74, 6) is 0. The summed E-state index contributed by atoms with van der Waals surface area (Å²) in [4.78, 5) is 2.62. The molecular weight excluding hydrogens is 744 g/mol. The zero-order valence-electron chi connectivity index (χ0n) is 33.9. The van der Waals surface area contributed by atoms with Crippen molar-refractivity contribution in [3.05, 3.63) is 199 Å². The fourth-order valence-electron chi connectivity index (χ4n) is 10.1. The molecular formula is C56H41BN2S. The molecule has 0 unspecified atom stereocenters. The van der Waals surface area contributed by atoms with Crippen LogP contribution in [0.2, 0.25) is 0 Å². The van der Waals surface area contributed by atoms with Crippen molar-refractivity contribution in [2.75, 3.05) is 10.2 Å². The van der Waals surface area contributed by atoms with Gasteiger partial charge in [0.2, 0.25) is 0 Å². The molecule has 10 aromatic rings. The number of rotatable bonds is 5. The van der Waals surface area contributed by atoms with Gasteiger partial charge in [-0.1, -0.05) is 159 Å². The predicted octanol–water partition coefficient (Wildman–Crippen LogP) is 14.1. The Morgan fingerprint density at radius 3 is 2.13 bits per heavy atom. The molecule has 0 saturated heterocycles. The summed E-state index contributed by atoms with van der Waals surface area (Å²) in [6.45, 7) is 7.04. The van der Waals surface area contributed by atoms with Gasteiger partial charge in [-0.3, -0.25) is 0 Å². The molecule has 0 atom stereocenters. The van der Waals surface area contributed by atoms with Crippen LogP contribution in [0.4, 0.5) is 28.4 Å². The highest BCUT2D eigenvalue weighted by Crippen LogP contribution is 2.54. The summed E-state index contributed by atoms with van der Waals surface area (Å²) in [6.07, 6.45) is 0. The second kappa shape index (κ2) is 13.3. The summed E-state index contributed by atoms with van der Waals surface area (Å²) in [5.41, 5.74) is 19.9. The number of fused-ring (bicyclic) bond motifs is 8. The van der Waals surface area contributed by atoms with E-state index in [1.807, 2.05) is 11.3 Å². The molecule has 2 aliphatic heterocycles. The van der Waals surface area contributed by atoms with Gasteiger partial charge in [0.15, 0.2) is 7.28 Å². The maximum atomic E-state index is 4.07. The summed E-state index contributed by atoms with van der Waals surface area (Å²) < 4.78 is 2.57. The lowest BCUT2D eigenvalue weighted by Gasteiger charge is -2.46. The van der Waals surface area contributed by atoms with Crippen molar-refractivity contribution in [3.63, 3.8) is 0 Å². The van der Waals surface area contributed by atoms with E-state index in [-0.39, 0.29) is 5.41 Å². The van der Waals surface area contributed by atoms with Crippen LogP contribution >= 0.6 is 11.3 Å². The first-order chi connectivity index (χ1) is 29.4. The number of anilines is 5. The summed E-state index contributed by atoms with van der Waals surface area (Å²) in [6, 6.07) is 67.7. The molecule has 0 amide bonds. The molecule has 4 heteroatoms. The number of thiophene rings is 1. The van der Waals surface area contributed by atoms with E-state index in [4.69, 9.17) is 0 Å². The van der Waals surface area contributed by atoms with Crippen LogP contribution in [-0.2, 0) is 5.41 Å². The molecule has 0 saturated carbocycles. The van der Waals surface area contributed by atoms with Crippen molar-refractivity contribution in [1.29, 1.82) is 0 Å². The Kier molecular flexibility index (Phi) is 7.79. The minimum Gasteiger partial charge on any atom is -0.354 e. The van der Waals surface area contributed by atoms with Crippen molar-refractivity contribution in [2.24, 2.45) is 0 Å². The first kappa shape index (κ1) is 35.1. The minimum atomic E-state index is -0.173. The number of hydrogen-bond acceptors (Lipinski definition) is 3. The van der Waals surface area contributed by atoms with Crippen LogP contribution in [0, 0.1) is 6.92 Å². The molecule has 12 rings (SSSR count). The number of nitrogens with zero attached hydrogens (tertiary/aromatic N) is 1. The number of aryl methyl sites for hydroxylation is 1. The standard InChI is InChI=1S/C56H41BN2S/c1-34-15-7-10-20-40(34)39-29-44(53-51(33-39)59-50-32-37-19-9-8-18-36(37)30-46(50)56(2,3)45-23-14-24-47(57-53)54(45)59)41-28-27-38(35-16-5-4-6-17-35)31-49(41)58-48-25-13-22-43-42-21-11-12-26-52(42)60-55(43)48/h4-33,57-58H,1-3H3. The molecule has 284 valence electrons. The average molecular weight is 785 g/mol. The van der Waals surface area contributed by atoms with Crippen LogP contribution in [0.5, 0.6) is 0 Å². The first-order valence-electron chi connectivity index (χ1n) is 21.0. The average Bonchev–Trinajstić information content (AvgIpc) is 3.67. The van der Waals surface area contributed by atoms with E-state index in [2.05, 4.69) is 213 Å². The van der Waals surface area contributed by atoms with E-state index in [0.717, 1.165) is 18.7 Å². The monoisotopic (exact) mass is 784 g/mol. The van der Waals surface area contributed by atoms with Gasteiger partial charge in [0, 0.05) is 43.5 Å². The minimum absolute atomic E-state index is 0.173. The Morgan fingerprint density at radius 1 is 0.517 bits per heavy atom. The molecule has 60 heavy (non-hydrogen) atoms. The number of hydrogen-bond donors (Lipinski definition) is 1.